The van der Waals surface area contributed by atoms with Gasteiger partial charge in [0.15, 0.2) is 17.2 Å². The average Bonchev–Trinajstić information content (AvgIpc) is 3.71. The van der Waals surface area contributed by atoms with Crippen molar-refractivity contribution in [1.82, 2.24) is 15.1 Å². The maximum absolute atomic E-state index is 16.6. The van der Waals surface area contributed by atoms with Crippen LogP contribution in [0, 0.1) is 11.6 Å². The number of halogens is 3. The average molecular weight is 593 g/mol. The number of amides is 1. The fraction of sp³-hybridized carbons (Fsp3) is 0.290. The highest BCUT2D eigenvalue weighted by Gasteiger charge is 2.51. The normalized spacial score (nSPS) is 22.2. The zero-order chi connectivity index (χ0) is 29.3. The van der Waals surface area contributed by atoms with Crippen LogP contribution in [0.1, 0.15) is 33.6 Å². The number of carbonyl (C=O) groups is 1. The summed E-state index contributed by atoms with van der Waals surface area (Å²) in [5, 5.41) is 7.52. The quantitative estimate of drug-likeness (QED) is 0.342. The number of aromatic nitrogens is 2. The molecule has 11 heteroatoms. The van der Waals surface area contributed by atoms with E-state index in [0.29, 0.717) is 35.3 Å². The third-order valence-electron chi connectivity index (χ3n) is 8.55. The molecular formula is C31H27ClF2N4O4. The fourth-order valence-electron chi connectivity index (χ4n) is 6.60. The summed E-state index contributed by atoms with van der Waals surface area (Å²) in [6.07, 6.45) is 2.53. The molecule has 8 nitrogen and oxygen atoms in total. The number of rotatable bonds is 5. The van der Waals surface area contributed by atoms with Gasteiger partial charge in [-0.1, -0.05) is 41.9 Å². The van der Waals surface area contributed by atoms with Gasteiger partial charge in [0.05, 0.1) is 22.7 Å². The van der Waals surface area contributed by atoms with Crippen molar-refractivity contribution in [3.63, 3.8) is 0 Å². The Labute approximate surface area is 245 Å². The third-order valence-corrected chi connectivity index (χ3v) is 8.92. The van der Waals surface area contributed by atoms with Gasteiger partial charge >= 0.3 is 0 Å². The van der Waals surface area contributed by atoms with Gasteiger partial charge in [0.1, 0.15) is 23.9 Å². The summed E-state index contributed by atoms with van der Waals surface area (Å²) in [6, 6.07) is 12.0. The lowest BCUT2D eigenvalue weighted by atomic mass is 9.79. The van der Waals surface area contributed by atoms with Crippen LogP contribution < -0.4 is 20.5 Å². The Morgan fingerprint density at radius 3 is 2.71 bits per heavy atom. The van der Waals surface area contributed by atoms with E-state index in [1.807, 2.05) is 30.3 Å². The van der Waals surface area contributed by atoms with E-state index in [0.717, 1.165) is 5.56 Å². The first-order chi connectivity index (χ1) is 20.2. The Bertz CT molecular complexity index is 1760. The largest absolute Gasteiger partial charge is 0.483 e. The molecule has 1 unspecified atom stereocenters. The van der Waals surface area contributed by atoms with Crippen molar-refractivity contribution in [3.8, 4) is 33.8 Å². The molecule has 0 aliphatic carbocycles. The van der Waals surface area contributed by atoms with Crippen LogP contribution in [-0.4, -0.2) is 41.5 Å². The molecule has 216 valence electrons. The van der Waals surface area contributed by atoms with E-state index in [9.17, 15) is 4.79 Å². The van der Waals surface area contributed by atoms with Gasteiger partial charge in [-0.25, -0.2) is 8.78 Å². The molecule has 0 saturated carbocycles. The minimum atomic E-state index is -0.985. The van der Waals surface area contributed by atoms with E-state index in [1.54, 1.807) is 25.0 Å². The Morgan fingerprint density at radius 1 is 1.21 bits per heavy atom. The van der Waals surface area contributed by atoms with E-state index in [2.05, 4.69) is 10.4 Å². The van der Waals surface area contributed by atoms with Crippen LogP contribution in [0.15, 0.2) is 48.7 Å². The van der Waals surface area contributed by atoms with Crippen molar-refractivity contribution >= 4 is 17.5 Å². The minimum Gasteiger partial charge on any atom is -0.483 e. The third kappa shape index (κ3) is 3.93. The molecule has 4 aromatic rings. The fourth-order valence-corrected chi connectivity index (χ4v) is 6.86. The monoisotopic (exact) mass is 592 g/mol. The molecule has 1 fully saturated rings. The second kappa shape index (κ2) is 9.79. The van der Waals surface area contributed by atoms with Crippen molar-refractivity contribution in [1.29, 1.82) is 0 Å². The number of carbonyl (C=O) groups excluding carboxylic acids is 1. The maximum Gasteiger partial charge on any atom is 0.249 e. The lowest BCUT2D eigenvalue weighted by molar-refractivity contribution is 0.0441. The van der Waals surface area contributed by atoms with Crippen LogP contribution in [0.4, 0.5) is 8.78 Å². The van der Waals surface area contributed by atoms with Gasteiger partial charge in [-0.05, 0) is 18.1 Å². The van der Waals surface area contributed by atoms with Crippen molar-refractivity contribution in [2.75, 3.05) is 13.7 Å². The van der Waals surface area contributed by atoms with E-state index in [-0.39, 0.29) is 58.4 Å². The molecule has 0 bridgehead atoms. The van der Waals surface area contributed by atoms with Crippen molar-refractivity contribution in [3.05, 3.63) is 87.7 Å². The predicted octanol–water partition coefficient (Wildman–Crippen LogP) is 4.88. The lowest BCUT2D eigenvalue weighted by Gasteiger charge is -2.35. The molecular weight excluding hydrogens is 566 g/mol. The summed E-state index contributed by atoms with van der Waals surface area (Å²) in [5.41, 5.74) is 7.34. The van der Waals surface area contributed by atoms with E-state index >= 15 is 8.78 Å². The number of hydrogen-bond donors (Lipinski definition) is 2. The second-order valence-electron chi connectivity index (χ2n) is 10.9. The topological polar surface area (TPSA) is 101 Å². The van der Waals surface area contributed by atoms with Gasteiger partial charge in [-0.3, -0.25) is 9.48 Å². The molecule has 3 aliphatic heterocycles. The molecule has 0 radical (unpaired) electrons. The Balaban J connectivity index is 1.45. The molecule has 42 heavy (non-hydrogen) atoms. The summed E-state index contributed by atoms with van der Waals surface area (Å²) < 4.78 is 51.8. The van der Waals surface area contributed by atoms with Gasteiger partial charge in [-0.15, -0.1) is 0 Å². The Kier molecular flexibility index (Phi) is 6.27. The molecule has 4 heterocycles. The zero-order valence-electron chi connectivity index (χ0n) is 22.8. The minimum absolute atomic E-state index is 0.0143. The standard InChI is InChI=1S/C31H27ClF2N4O4/c1-38-13-20-17-9-18(30(35)39)26(28(34)29(17)41-14-22(20)37-38)25-19-11-31(15-6-4-3-5-7-15,24-8-16(40-2)12-36-24)42-23(19)10-21(33)27(25)32/h3-7,9-10,13,16,24,36H,8,11-12,14H2,1-2H3,(H2,35,39)/t16?,24-,31-/m0/s1. The smallest absolute Gasteiger partial charge is 0.249 e. The Hall–Kier alpha value is -3.99. The van der Waals surface area contributed by atoms with Gasteiger partial charge < -0.3 is 25.3 Å². The van der Waals surface area contributed by atoms with Crippen LogP contribution in [0.5, 0.6) is 11.5 Å². The summed E-state index contributed by atoms with van der Waals surface area (Å²) in [4.78, 5) is 12.9. The van der Waals surface area contributed by atoms with Crippen molar-refractivity contribution in [2.45, 2.75) is 37.2 Å². The van der Waals surface area contributed by atoms with Gasteiger partial charge in [0.2, 0.25) is 5.91 Å². The Morgan fingerprint density at radius 2 is 2.00 bits per heavy atom. The summed E-state index contributed by atoms with van der Waals surface area (Å²) in [5.74, 6) is -2.45. The van der Waals surface area contributed by atoms with Crippen LogP contribution in [0.25, 0.3) is 22.3 Å². The number of nitrogens with one attached hydrogen (secondary N) is 1. The number of nitrogens with zero attached hydrogens (tertiary/aromatic N) is 2. The highest BCUT2D eigenvalue weighted by Crippen LogP contribution is 2.54. The number of hydrogen-bond acceptors (Lipinski definition) is 6. The zero-order valence-corrected chi connectivity index (χ0v) is 23.6. The number of aryl methyl sites for hydroxylation is 1. The highest BCUT2D eigenvalue weighted by molar-refractivity contribution is 6.34. The van der Waals surface area contributed by atoms with E-state index in [1.165, 1.54) is 12.1 Å². The molecule has 3 aliphatic rings. The molecule has 7 rings (SSSR count). The van der Waals surface area contributed by atoms with E-state index < -0.39 is 23.1 Å². The summed E-state index contributed by atoms with van der Waals surface area (Å²) in [6.45, 7) is 0.634. The highest BCUT2D eigenvalue weighted by atomic mass is 35.5. The van der Waals surface area contributed by atoms with E-state index in [4.69, 9.17) is 31.5 Å². The number of methoxy groups -OCH3 is 1. The summed E-state index contributed by atoms with van der Waals surface area (Å²) >= 11 is 6.63. The second-order valence-corrected chi connectivity index (χ2v) is 11.3. The van der Waals surface area contributed by atoms with Crippen LogP contribution >= 0.6 is 11.6 Å². The first kappa shape index (κ1) is 26.9. The first-order valence-corrected chi connectivity index (χ1v) is 13.9. The number of nitrogens with two attached hydrogens (primary N) is 1. The van der Waals surface area contributed by atoms with Crippen LogP contribution in [0.2, 0.25) is 5.02 Å². The number of benzene rings is 3. The van der Waals surface area contributed by atoms with Crippen molar-refractivity contribution < 1.29 is 27.8 Å². The number of fused-ring (bicyclic) bond motifs is 4. The molecule has 3 aromatic carbocycles. The molecule has 1 aromatic heterocycles. The molecule has 1 saturated heterocycles. The number of primary amides is 1. The molecule has 0 spiro atoms. The number of ether oxygens (including phenoxy) is 3. The van der Waals surface area contributed by atoms with Gasteiger partial charge in [0.25, 0.3) is 0 Å². The molecule has 1 amide bonds. The maximum atomic E-state index is 16.6. The van der Waals surface area contributed by atoms with Crippen LogP contribution in [0.3, 0.4) is 0 Å². The predicted molar refractivity (Wildman–Crippen MR) is 152 cm³/mol. The molecule has 3 N–H and O–H groups in total. The summed E-state index contributed by atoms with van der Waals surface area (Å²) in [7, 11) is 3.39. The van der Waals surface area contributed by atoms with Gasteiger partial charge in [-0.2, -0.15) is 5.10 Å². The first-order valence-electron chi connectivity index (χ1n) is 13.6. The molecule has 3 atom stereocenters. The van der Waals surface area contributed by atoms with Crippen molar-refractivity contribution in [2.24, 2.45) is 12.8 Å². The SMILES string of the molecule is COC1CN[C@H]([C@@]2(c3ccccc3)Cc3c(cc(F)c(Cl)c3-c3c(C(N)=O)cc4c(c3F)OCc3nn(C)cc3-4)O2)C1. The lowest BCUT2D eigenvalue weighted by Crippen LogP contribution is -2.48. The van der Waals surface area contributed by atoms with Gasteiger partial charge in [0, 0.05) is 67.2 Å². The van der Waals surface area contributed by atoms with Crippen LogP contribution in [-0.2, 0) is 30.4 Å².